The van der Waals surface area contributed by atoms with Crippen molar-refractivity contribution in [2.24, 2.45) is 10.8 Å². The Morgan fingerprint density at radius 1 is 1.21 bits per heavy atom. The molecule has 0 saturated heterocycles. The van der Waals surface area contributed by atoms with E-state index < -0.39 is 0 Å². The van der Waals surface area contributed by atoms with Crippen LogP contribution >= 0.6 is 0 Å². The lowest BCUT2D eigenvalue weighted by Gasteiger charge is -2.38. The highest BCUT2D eigenvalue weighted by atomic mass is 14.4. The van der Waals surface area contributed by atoms with E-state index >= 15 is 0 Å². The van der Waals surface area contributed by atoms with Crippen molar-refractivity contribution in [2.75, 3.05) is 0 Å². The Balaban J connectivity index is 2.72. The number of hydrogen-bond acceptors (Lipinski definition) is 0. The van der Waals surface area contributed by atoms with Gasteiger partial charge in [0.05, 0.1) is 0 Å². The van der Waals surface area contributed by atoms with Gasteiger partial charge in [0.15, 0.2) is 0 Å². The molecule has 0 aliphatic heterocycles. The molecule has 82 valence electrons. The Morgan fingerprint density at radius 2 is 1.79 bits per heavy atom. The maximum absolute atomic E-state index is 2.52. The molecule has 0 unspecified atom stereocenters. The van der Waals surface area contributed by atoms with Crippen LogP contribution in [0.3, 0.4) is 0 Å². The van der Waals surface area contributed by atoms with Gasteiger partial charge in [-0.3, -0.25) is 0 Å². The molecule has 0 aromatic heterocycles. The number of hydrogen-bond donors (Lipinski definition) is 0. The highest BCUT2D eigenvalue weighted by molar-refractivity contribution is 5.15. The summed E-state index contributed by atoms with van der Waals surface area (Å²) in [5, 5.41) is 0. The zero-order chi connectivity index (χ0) is 10.8. The van der Waals surface area contributed by atoms with Gasteiger partial charge >= 0.3 is 0 Å². The molecule has 0 nitrogen and oxygen atoms in total. The van der Waals surface area contributed by atoms with E-state index in [2.05, 4.69) is 40.7 Å². The molecule has 0 N–H and O–H groups in total. The van der Waals surface area contributed by atoms with E-state index in [0.717, 1.165) is 0 Å². The van der Waals surface area contributed by atoms with Gasteiger partial charge in [0.2, 0.25) is 0 Å². The molecule has 1 rings (SSSR count). The normalized spacial score (nSPS) is 21.9. The SMILES string of the molecule is CCC1(CC)CC=C(C(C)(C)C)CC1. The minimum Gasteiger partial charge on any atom is -0.0842 e. The van der Waals surface area contributed by atoms with Gasteiger partial charge in [0, 0.05) is 0 Å². The lowest BCUT2D eigenvalue weighted by atomic mass is 9.68. The predicted octanol–water partition coefficient (Wildman–Crippen LogP) is 4.95. The molecule has 0 saturated carbocycles. The molecule has 0 aromatic rings. The Hall–Kier alpha value is -0.260. The highest BCUT2D eigenvalue weighted by Crippen LogP contribution is 2.44. The summed E-state index contributed by atoms with van der Waals surface area (Å²) in [6, 6.07) is 0. The molecular weight excluding hydrogens is 168 g/mol. The third-order valence-corrected chi connectivity index (χ3v) is 4.17. The van der Waals surface area contributed by atoms with Crippen LogP contribution in [0.4, 0.5) is 0 Å². The lowest BCUT2D eigenvalue weighted by molar-refractivity contribution is 0.221. The first kappa shape index (κ1) is 11.8. The Labute approximate surface area is 89.8 Å². The Kier molecular flexibility index (Phi) is 3.44. The van der Waals surface area contributed by atoms with Crippen molar-refractivity contribution in [1.29, 1.82) is 0 Å². The molecule has 0 bridgehead atoms. The second-order valence-electron chi connectivity index (χ2n) is 5.89. The topological polar surface area (TPSA) is 0 Å². The molecule has 0 spiro atoms. The summed E-state index contributed by atoms with van der Waals surface area (Å²) in [6.45, 7) is 11.7. The maximum Gasteiger partial charge on any atom is -0.0173 e. The molecule has 0 aromatic carbocycles. The summed E-state index contributed by atoms with van der Waals surface area (Å²) >= 11 is 0. The molecule has 0 heteroatoms. The molecule has 1 aliphatic rings. The van der Waals surface area contributed by atoms with E-state index in [1.54, 1.807) is 5.57 Å². The summed E-state index contributed by atoms with van der Waals surface area (Å²) in [7, 11) is 0. The molecule has 0 fully saturated rings. The summed E-state index contributed by atoms with van der Waals surface area (Å²) < 4.78 is 0. The summed E-state index contributed by atoms with van der Waals surface area (Å²) in [4.78, 5) is 0. The number of allylic oxidation sites excluding steroid dienone is 2. The first-order valence-corrected chi connectivity index (χ1v) is 6.13. The lowest BCUT2D eigenvalue weighted by Crippen LogP contribution is -2.24. The fourth-order valence-electron chi connectivity index (χ4n) is 2.52. The molecule has 14 heavy (non-hydrogen) atoms. The van der Waals surface area contributed by atoms with Gasteiger partial charge in [-0.05, 0) is 30.1 Å². The van der Waals surface area contributed by atoms with E-state index in [0.29, 0.717) is 10.8 Å². The Morgan fingerprint density at radius 3 is 2.07 bits per heavy atom. The fourth-order valence-corrected chi connectivity index (χ4v) is 2.52. The largest absolute Gasteiger partial charge is 0.0842 e. The summed E-state index contributed by atoms with van der Waals surface area (Å²) in [5.41, 5.74) is 2.71. The van der Waals surface area contributed by atoms with Gasteiger partial charge in [-0.25, -0.2) is 0 Å². The third kappa shape index (κ3) is 2.40. The zero-order valence-corrected chi connectivity index (χ0v) is 10.6. The third-order valence-electron chi connectivity index (χ3n) is 4.17. The maximum atomic E-state index is 2.52. The molecule has 1 aliphatic carbocycles. The molecular formula is C14H26. The van der Waals surface area contributed by atoms with Crippen LogP contribution in [-0.2, 0) is 0 Å². The van der Waals surface area contributed by atoms with Crippen LogP contribution in [-0.4, -0.2) is 0 Å². The first-order valence-electron chi connectivity index (χ1n) is 6.13. The van der Waals surface area contributed by atoms with Gasteiger partial charge in [-0.1, -0.05) is 59.1 Å². The van der Waals surface area contributed by atoms with E-state index in [9.17, 15) is 0 Å². The van der Waals surface area contributed by atoms with Crippen molar-refractivity contribution < 1.29 is 0 Å². The molecule has 0 radical (unpaired) electrons. The van der Waals surface area contributed by atoms with Crippen LogP contribution in [0.5, 0.6) is 0 Å². The fraction of sp³-hybridized carbons (Fsp3) is 0.857. The Bertz CT molecular complexity index is 211. The average Bonchev–Trinajstić information content (AvgIpc) is 2.16. The van der Waals surface area contributed by atoms with Crippen LogP contribution < -0.4 is 0 Å². The minimum absolute atomic E-state index is 0.396. The van der Waals surface area contributed by atoms with Crippen LogP contribution in [0.25, 0.3) is 0 Å². The van der Waals surface area contributed by atoms with Crippen molar-refractivity contribution in [1.82, 2.24) is 0 Å². The molecule has 0 amide bonds. The second kappa shape index (κ2) is 4.08. The van der Waals surface area contributed by atoms with Crippen LogP contribution in [0.15, 0.2) is 11.6 Å². The van der Waals surface area contributed by atoms with E-state index in [1.807, 2.05) is 0 Å². The summed E-state index contributed by atoms with van der Waals surface area (Å²) in [6.07, 6.45) is 9.26. The van der Waals surface area contributed by atoms with E-state index in [1.165, 1.54) is 32.1 Å². The first-order chi connectivity index (χ1) is 6.43. The van der Waals surface area contributed by atoms with Gasteiger partial charge in [-0.15, -0.1) is 0 Å². The standard InChI is InChI=1S/C14H26/c1-6-14(7-2)10-8-12(9-11-14)13(3,4)5/h8H,6-7,9-11H2,1-5H3. The number of rotatable bonds is 2. The van der Waals surface area contributed by atoms with Crippen molar-refractivity contribution in [3.63, 3.8) is 0 Å². The van der Waals surface area contributed by atoms with Gasteiger partial charge in [-0.2, -0.15) is 0 Å². The summed E-state index contributed by atoms with van der Waals surface area (Å²) in [5.74, 6) is 0. The minimum atomic E-state index is 0.396. The van der Waals surface area contributed by atoms with Gasteiger partial charge in [0.25, 0.3) is 0 Å². The average molecular weight is 194 g/mol. The molecule has 0 atom stereocenters. The zero-order valence-electron chi connectivity index (χ0n) is 10.6. The van der Waals surface area contributed by atoms with Crippen molar-refractivity contribution in [2.45, 2.75) is 66.7 Å². The quantitative estimate of drug-likeness (QED) is 0.546. The second-order valence-corrected chi connectivity index (χ2v) is 5.89. The van der Waals surface area contributed by atoms with E-state index in [-0.39, 0.29) is 0 Å². The van der Waals surface area contributed by atoms with Crippen LogP contribution in [0.1, 0.15) is 66.7 Å². The van der Waals surface area contributed by atoms with Crippen molar-refractivity contribution >= 4 is 0 Å². The molecule has 0 heterocycles. The van der Waals surface area contributed by atoms with Gasteiger partial charge < -0.3 is 0 Å². The van der Waals surface area contributed by atoms with Crippen molar-refractivity contribution in [3.05, 3.63) is 11.6 Å². The van der Waals surface area contributed by atoms with Gasteiger partial charge in [0.1, 0.15) is 0 Å². The predicted molar refractivity (Wildman–Crippen MR) is 64.4 cm³/mol. The highest BCUT2D eigenvalue weighted by Gasteiger charge is 2.30. The smallest absolute Gasteiger partial charge is 0.0173 e. The van der Waals surface area contributed by atoms with Crippen LogP contribution in [0, 0.1) is 10.8 Å². The van der Waals surface area contributed by atoms with Crippen LogP contribution in [0.2, 0.25) is 0 Å². The van der Waals surface area contributed by atoms with E-state index in [4.69, 9.17) is 0 Å². The monoisotopic (exact) mass is 194 g/mol. The van der Waals surface area contributed by atoms with Crippen molar-refractivity contribution in [3.8, 4) is 0 Å².